The predicted octanol–water partition coefficient (Wildman–Crippen LogP) is 5.15. The van der Waals surface area contributed by atoms with E-state index in [1.54, 1.807) is 53.4 Å². The Morgan fingerprint density at radius 3 is 2.62 bits per heavy atom. The topological polar surface area (TPSA) is 140 Å². The quantitative estimate of drug-likeness (QED) is 0.174. The van der Waals surface area contributed by atoms with Crippen LogP contribution in [0.2, 0.25) is 0 Å². The van der Waals surface area contributed by atoms with E-state index in [2.05, 4.69) is 20.5 Å². The van der Waals surface area contributed by atoms with Crippen LogP contribution in [0.5, 0.6) is 0 Å². The summed E-state index contributed by atoms with van der Waals surface area (Å²) in [6.07, 6.45) is 3.20. The van der Waals surface area contributed by atoms with Gasteiger partial charge in [-0.15, -0.1) is 10.2 Å². The van der Waals surface area contributed by atoms with Crippen LogP contribution in [0.3, 0.4) is 0 Å². The lowest BCUT2D eigenvalue weighted by atomic mass is 10.1. The lowest BCUT2D eigenvalue weighted by Crippen LogP contribution is -2.15. The van der Waals surface area contributed by atoms with E-state index < -0.39 is 16.6 Å². The average molecular weight is 540 g/mol. The second-order valence-electron chi connectivity index (χ2n) is 7.19. The first-order valence-corrected chi connectivity index (χ1v) is 12.2. The van der Waals surface area contributed by atoms with Crippen molar-refractivity contribution in [3.05, 3.63) is 82.7 Å². The van der Waals surface area contributed by atoms with Crippen molar-refractivity contribution in [2.24, 2.45) is 0 Å². The Bertz CT molecular complexity index is 1480. The molecule has 0 aliphatic carbocycles. The molecule has 186 valence electrons. The van der Waals surface area contributed by atoms with E-state index in [4.69, 9.17) is 0 Å². The number of amides is 1. The van der Waals surface area contributed by atoms with E-state index in [-0.39, 0.29) is 22.7 Å². The maximum absolute atomic E-state index is 12.7. The van der Waals surface area contributed by atoms with Crippen molar-refractivity contribution in [2.45, 2.75) is 15.8 Å². The number of nitrogens with zero attached hydrogens (tertiary/aromatic N) is 6. The highest BCUT2D eigenvalue weighted by molar-refractivity contribution is 8.00. The van der Waals surface area contributed by atoms with Gasteiger partial charge in [-0.3, -0.25) is 24.5 Å². The summed E-state index contributed by atoms with van der Waals surface area (Å²) in [5, 5.41) is 31.6. The van der Waals surface area contributed by atoms with Gasteiger partial charge in [0.05, 0.1) is 21.9 Å². The van der Waals surface area contributed by atoms with Crippen LogP contribution in [0.25, 0.3) is 17.1 Å². The molecule has 4 aromatic rings. The van der Waals surface area contributed by atoms with Crippen molar-refractivity contribution in [2.75, 3.05) is 11.1 Å². The van der Waals surface area contributed by atoms with E-state index >= 15 is 0 Å². The number of nitro groups is 1. The third kappa shape index (κ3) is 6.26. The molecular weight excluding hydrogens is 524 g/mol. The number of rotatable bonds is 9. The second kappa shape index (κ2) is 11.6. The van der Waals surface area contributed by atoms with Crippen molar-refractivity contribution in [3.63, 3.8) is 0 Å². The van der Waals surface area contributed by atoms with Crippen LogP contribution >= 0.6 is 23.5 Å². The summed E-state index contributed by atoms with van der Waals surface area (Å²) in [6.45, 7) is 0. The third-order valence-corrected chi connectivity index (χ3v) is 6.47. The van der Waals surface area contributed by atoms with E-state index in [9.17, 15) is 29.0 Å². The second-order valence-corrected chi connectivity index (χ2v) is 9.20. The van der Waals surface area contributed by atoms with Crippen molar-refractivity contribution >= 4 is 40.8 Å². The van der Waals surface area contributed by atoms with E-state index in [1.807, 2.05) is 6.07 Å². The summed E-state index contributed by atoms with van der Waals surface area (Å²) in [7, 11) is 0. The molecule has 2 heterocycles. The SMILES string of the molecule is N#Cc1cc([N+](=O)[O-])ccc1NC(=O)CSc1nnc(-c2cccnc2)n1-c1ccc(SC(F)F)cc1. The molecule has 0 bridgehead atoms. The molecular formula is C23H15F2N7O3S2. The maximum Gasteiger partial charge on any atom is 0.288 e. The summed E-state index contributed by atoms with van der Waals surface area (Å²) in [4.78, 5) is 27.4. The first-order chi connectivity index (χ1) is 17.9. The largest absolute Gasteiger partial charge is 0.324 e. The molecule has 0 saturated carbocycles. The number of anilines is 1. The van der Waals surface area contributed by atoms with Crippen molar-refractivity contribution in [3.8, 4) is 23.1 Å². The number of halogens is 2. The smallest absolute Gasteiger partial charge is 0.288 e. The zero-order valence-electron chi connectivity index (χ0n) is 18.6. The molecule has 0 unspecified atom stereocenters. The van der Waals surface area contributed by atoms with Crippen molar-refractivity contribution in [1.29, 1.82) is 5.26 Å². The molecule has 0 spiro atoms. The number of carbonyl (C=O) groups is 1. The number of alkyl halides is 2. The standard InChI is InChI=1S/C23H15F2N7O3S2/c24-22(25)37-18-6-3-16(4-7-18)31-21(14-2-1-9-27-12-14)29-30-23(31)36-13-20(33)28-19-8-5-17(32(34)35)10-15(19)11-26/h1-10,12,22H,13H2,(H,28,33). The highest BCUT2D eigenvalue weighted by Gasteiger charge is 2.19. The number of carbonyl (C=O) groups excluding carboxylic acids is 1. The fourth-order valence-electron chi connectivity index (χ4n) is 3.22. The molecule has 37 heavy (non-hydrogen) atoms. The molecule has 2 aromatic heterocycles. The van der Waals surface area contributed by atoms with E-state index in [0.29, 0.717) is 38.9 Å². The van der Waals surface area contributed by atoms with Crippen LogP contribution in [-0.4, -0.2) is 42.1 Å². The van der Waals surface area contributed by atoms with Gasteiger partial charge in [-0.1, -0.05) is 23.5 Å². The molecule has 0 aliphatic heterocycles. The van der Waals surface area contributed by atoms with Gasteiger partial charge in [0, 0.05) is 40.7 Å². The highest BCUT2D eigenvalue weighted by atomic mass is 32.2. The van der Waals surface area contributed by atoms with E-state index in [0.717, 1.165) is 17.8 Å². The van der Waals surface area contributed by atoms with Crippen LogP contribution in [0.1, 0.15) is 5.56 Å². The molecule has 10 nitrogen and oxygen atoms in total. The minimum Gasteiger partial charge on any atom is -0.324 e. The van der Waals surface area contributed by atoms with Gasteiger partial charge in [0.1, 0.15) is 6.07 Å². The number of nitriles is 1. The van der Waals surface area contributed by atoms with Gasteiger partial charge in [-0.25, -0.2) is 0 Å². The zero-order valence-corrected chi connectivity index (χ0v) is 20.2. The molecule has 0 aliphatic rings. The molecule has 0 atom stereocenters. The summed E-state index contributed by atoms with van der Waals surface area (Å²) in [5.41, 5.74) is 1.08. The Balaban J connectivity index is 1.57. The third-order valence-electron chi connectivity index (χ3n) is 4.81. The number of nitro benzene ring substituents is 1. The number of non-ortho nitro benzene ring substituents is 1. The van der Waals surface area contributed by atoms with Crippen molar-refractivity contribution < 1.29 is 18.5 Å². The zero-order chi connectivity index (χ0) is 26.4. The van der Waals surface area contributed by atoms with Crippen LogP contribution in [-0.2, 0) is 4.79 Å². The number of benzene rings is 2. The number of hydrogen-bond donors (Lipinski definition) is 1. The van der Waals surface area contributed by atoms with Crippen LogP contribution in [0, 0.1) is 21.4 Å². The Morgan fingerprint density at radius 2 is 1.97 bits per heavy atom. The fourth-order valence-corrected chi connectivity index (χ4v) is 4.47. The minimum atomic E-state index is -2.55. The Labute approximate surface area is 216 Å². The van der Waals surface area contributed by atoms with E-state index in [1.165, 1.54) is 12.1 Å². The van der Waals surface area contributed by atoms with Gasteiger partial charge >= 0.3 is 0 Å². The lowest BCUT2D eigenvalue weighted by molar-refractivity contribution is -0.384. The first kappa shape index (κ1) is 25.7. The molecule has 14 heteroatoms. The van der Waals surface area contributed by atoms with Gasteiger partial charge in [0.25, 0.3) is 11.4 Å². The number of pyridine rings is 1. The predicted molar refractivity (Wildman–Crippen MR) is 134 cm³/mol. The number of hydrogen-bond acceptors (Lipinski definition) is 9. The highest BCUT2D eigenvalue weighted by Crippen LogP contribution is 2.31. The Morgan fingerprint density at radius 1 is 1.19 bits per heavy atom. The maximum atomic E-state index is 12.7. The fraction of sp³-hybridized carbons (Fsp3) is 0.0870. The monoisotopic (exact) mass is 539 g/mol. The number of nitrogens with one attached hydrogen (secondary N) is 1. The number of aromatic nitrogens is 4. The normalized spacial score (nSPS) is 10.8. The van der Waals surface area contributed by atoms with Gasteiger partial charge in [-0.05, 0) is 42.5 Å². The van der Waals surface area contributed by atoms with Gasteiger partial charge in [0.15, 0.2) is 11.0 Å². The average Bonchev–Trinajstić information content (AvgIpc) is 3.32. The van der Waals surface area contributed by atoms with Crippen LogP contribution in [0.15, 0.2) is 77.0 Å². The minimum absolute atomic E-state index is 0.0451. The summed E-state index contributed by atoms with van der Waals surface area (Å²) in [5.74, 6) is -2.70. The van der Waals surface area contributed by atoms with Crippen LogP contribution in [0.4, 0.5) is 20.2 Å². The first-order valence-electron chi connectivity index (χ1n) is 10.4. The van der Waals surface area contributed by atoms with Gasteiger partial charge in [-0.2, -0.15) is 14.0 Å². The molecule has 2 aromatic carbocycles. The Hall–Kier alpha value is -4.35. The van der Waals surface area contributed by atoms with Gasteiger partial charge in [0.2, 0.25) is 5.91 Å². The molecule has 0 fully saturated rings. The molecule has 4 rings (SSSR count). The van der Waals surface area contributed by atoms with Crippen LogP contribution < -0.4 is 5.32 Å². The summed E-state index contributed by atoms with van der Waals surface area (Å²) >= 11 is 1.49. The molecule has 1 amide bonds. The lowest BCUT2D eigenvalue weighted by Gasteiger charge is -2.11. The van der Waals surface area contributed by atoms with Crippen molar-refractivity contribution in [1.82, 2.24) is 19.7 Å². The summed E-state index contributed by atoms with van der Waals surface area (Å²) in [6, 6.07) is 15.3. The molecule has 0 saturated heterocycles. The Kier molecular flexibility index (Phi) is 8.06. The molecule has 0 radical (unpaired) electrons. The van der Waals surface area contributed by atoms with Gasteiger partial charge < -0.3 is 5.32 Å². The molecule has 1 N–H and O–H groups in total. The number of thioether (sulfide) groups is 2. The summed E-state index contributed by atoms with van der Waals surface area (Å²) < 4.78 is 27.1.